The summed E-state index contributed by atoms with van der Waals surface area (Å²) >= 11 is 1.04. The Labute approximate surface area is 110 Å². The molecule has 2 aromatic rings. The van der Waals surface area contributed by atoms with Crippen molar-refractivity contribution in [1.82, 2.24) is 0 Å². The summed E-state index contributed by atoms with van der Waals surface area (Å²) in [7, 11) is 0. The molecule has 0 bridgehead atoms. The number of halogens is 1. The molecule has 7 heteroatoms. The quantitative estimate of drug-likeness (QED) is 0.807. The topological polar surface area (TPSA) is 86.6 Å². The van der Waals surface area contributed by atoms with Gasteiger partial charge in [-0.15, -0.1) is 11.3 Å². The van der Waals surface area contributed by atoms with E-state index in [0.29, 0.717) is 0 Å². The van der Waals surface area contributed by atoms with Crippen molar-refractivity contribution in [3.8, 4) is 5.75 Å². The number of hydrogen-bond acceptors (Lipinski definition) is 4. The number of amides is 1. The molecule has 1 aromatic carbocycles. The molecule has 0 aliphatic carbocycles. The van der Waals surface area contributed by atoms with E-state index in [1.807, 2.05) is 0 Å². The van der Waals surface area contributed by atoms with Crippen LogP contribution in [0.4, 0.5) is 9.39 Å². The first kappa shape index (κ1) is 13.0. The van der Waals surface area contributed by atoms with Crippen molar-refractivity contribution in [3.05, 3.63) is 46.6 Å². The first-order chi connectivity index (χ1) is 8.99. The van der Waals surface area contributed by atoms with Crippen LogP contribution in [0.15, 0.2) is 29.6 Å². The zero-order valence-electron chi connectivity index (χ0n) is 9.38. The minimum atomic E-state index is -1.17. The van der Waals surface area contributed by atoms with Gasteiger partial charge in [0.25, 0.3) is 5.91 Å². The molecule has 0 saturated heterocycles. The van der Waals surface area contributed by atoms with Crippen molar-refractivity contribution >= 4 is 28.2 Å². The third-order valence-electron chi connectivity index (χ3n) is 2.33. The second-order valence-corrected chi connectivity index (χ2v) is 4.50. The maximum absolute atomic E-state index is 12.8. The smallest absolute Gasteiger partial charge is 0.338 e. The third kappa shape index (κ3) is 2.71. The molecule has 1 heterocycles. The average Bonchev–Trinajstić information content (AvgIpc) is 2.76. The number of thiophene rings is 1. The fourth-order valence-electron chi connectivity index (χ4n) is 1.44. The van der Waals surface area contributed by atoms with Crippen LogP contribution in [0.5, 0.6) is 5.75 Å². The Morgan fingerprint density at radius 2 is 1.95 bits per heavy atom. The normalized spacial score (nSPS) is 10.2. The first-order valence-corrected chi connectivity index (χ1v) is 5.97. The largest absolute Gasteiger partial charge is 0.507 e. The Kier molecular flexibility index (Phi) is 3.48. The van der Waals surface area contributed by atoms with E-state index in [9.17, 15) is 19.1 Å². The number of carboxylic acids is 1. The summed E-state index contributed by atoms with van der Waals surface area (Å²) in [6.45, 7) is 0. The SMILES string of the molecule is O=C(Nc1sccc1C(=O)O)c1ccc(F)cc1O. The van der Waals surface area contributed by atoms with Gasteiger partial charge in [-0.05, 0) is 23.6 Å². The molecule has 0 fully saturated rings. The lowest BCUT2D eigenvalue weighted by Gasteiger charge is -2.06. The van der Waals surface area contributed by atoms with Crippen LogP contribution in [0.2, 0.25) is 0 Å². The van der Waals surface area contributed by atoms with Crippen LogP contribution in [0.25, 0.3) is 0 Å². The number of hydrogen-bond donors (Lipinski definition) is 3. The lowest BCUT2D eigenvalue weighted by Crippen LogP contribution is -2.13. The highest BCUT2D eigenvalue weighted by atomic mass is 32.1. The van der Waals surface area contributed by atoms with Gasteiger partial charge in [-0.3, -0.25) is 4.79 Å². The Hall–Kier alpha value is -2.41. The predicted molar refractivity (Wildman–Crippen MR) is 67.3 cm³/mol. The van der Waals surface area contributed by atoms with Crippen LogP contribution in [0, 0.1) is 5.82 Å². The maximum Gasteiger partial charge on any atom is 0.338 e. The van der Waals surface area contributed by atoms with Gasteiger partial charge >= 0.3 is 5.97 Å². The van der Waals surface area contributed by atoms with Crippen molar-refractivity contribution in [2.75, 3.05) is 5.32 Å². The highest BCUT2D eigenvalue weighted by Gasteiger charge is 2.17. The van der Waals surface area contributed by atoms with E-state index in [2.05, 4.69) is 5.32 Å². The lowest BCUT2D eigenvalue weighted by atomic mass is 10.2. The summed E-state index contributed by atoms with van der Waals surface area (Å²) in [5, 5.41) is 22.4. The molecule has 0 radical (unpaired) electrons. The Morgan fingerprint density at radius 1 is 1.21 bits per heavy atom. The molecule has 0 atom stereocenters. The predicted octanol–water partition coefficient (Wildman–Crippen LogP) is 2.54. The van der Waals surface area contributed by atoms with Gasteiger partial charge in [-0.2, -0.15) is 0 Å². The third-order valence-corrected chi connectivity index (χ3v) is 3.16. The highest BCUT2D eigenvalue weighted by molar-refractivity contribution is 7.14. The zero-order valence-corrected chi connectivity index (χ0v) is 10.2. The van der Waals surface area contributed by atoms with Gasteiger partial charge < -0.3 is 15.5 Å². The summed E-state index contributed by atoms with van der Waals surface area (Å²) in [5.41, 5.74) is -0.175. The summed E-state index contributed by atoms with van der Waals surface area (Å²) in [4.78, 5) is 22.7. The molecule has 0 saturated carbocycles. The van der Waals surface area contributed by atoms with Crippen LogP contribution < -0.4 is 5.32 Å². The van der Waals surface area contributed by atoms with Gasteiger partial charge in [0, 0.05) is 6.07 Å². The van der Waals surface area contributed by atoms with Crippen LogP contribution in [0.1, 0.15) is 20.7 Å². The molecular weight excluding hydrogens is 273 g/mol. The van der Waals surface area contributed by atoms with E-state index in [-0.39, 0.29) is 16.1 Å². The Morgan fingerprint density at radius 3 is 2.58 bits per heavy atom. The fraction of sp³-hybridized carbons (Fsp3) is 0. The van der Waals surface area contributed by atoms with Crippen molar-refractivity contribution in [1.29, 1.82) is 0 Å². The zero-order chi connectivity index (χ0) is 14.0. The number of phenolic OH excluding ortho intramolecular Hbond substituents is 1. The number of phenols is 1. The molecule has 3 N–H and O–H groups in total. The van der Waals surface area contributed by atoms with Gasteiger partial charge in [0.15, 0.2) is 0 Å². The van der Waals surface area contributed by atoms with Gasteiger partial charge in [-0.1, -0.05) is 0 Å². The number of anilines is 1. The molecule has 98 valence electrons. The van der Waals surface area contributed by atoms with E-state index in [1.165, 1.54) is 11.4 Å². The molecule has 2 rings (SSSR count). The Bertz CT molecular complexity index is 653. The number of carbonyl (C=O) groups is 2. The van der Waals surface area contributed by atoms with E-state index in [0.717, 1.165) is 29.5 Å². The van der Waals surface area contributed by atoms with Crippen LogP contribution in [0.3, 0.4) is 0 Å². The average molecular weight is 281 g/mol. The first-order valence-electron chi connectivity index (χ1n) is 5.09. The number of rotatable bonds is 3. The van der Waals surface area contributed by atoms with E-state index in [4.69, 9.17) is 5.11 Å². The molecule has 1 aromatic heterocycles. The molecule has 0 unspecified atom stereocenters. The standard InChI is InChI=1S/C12H8FNO4S/c13-6-1-2-7(9(15)5-6)10(16)14-11-8(12(17)18)3-4-19-11/h1-5,15H,(H,14,16)(H,17,18). The summed E-state index contributed by atoms with van der Waals surface area (Å²) in [6.07, 6.45) is 0. The fourth-order valence-corrected chi connectivity index (χ4v) is 2.22. The number of aromatic hydroxyl groups is 1. The Balaban J connectivity index is 2.26. The number of nitrogens with one attached hydrogen (secondary N) is 1. The molecule has 0 spiro atoms. The van der Waals surface area contributed by atoms with E-state index >= 15 is 0 Å². The number of benzene rings is 1. The summed E-state index contributed by atoms with van der Waals surface area (Å²) in [5.74, 6) is -3.05. The maximum atomic E-state index is 12.8. The van der Waals surface area contributed by atoms with Gasteiger partial charge in [0.2, 0.25) is 0 Å². The minimum absolute atomic E-state index is 0.0417. The molecule has 0 aliphatic heterocycles. The molecule has 0 aliphatic rings. The van der Waals surface area contributed by atoms with Gasteiger partial charge in [0.05, 0.1) is 11.1 Å². The minimum Gasteiger partial charge on any atom is -0.507 e. The summed E-state index contributed by atoms with van der Waals surface area (Å²) in [6, 6.07) is 4.31. The lowest BCUT2D eigenvalue weighted by molar-refractivity contribution is 0.0698. The molecule has 19 heavy (non-hydrogen) atoms. The molecule has 1 amide bonds. The number of aromatic carboxylic acids is 1. The second-order valence-electron chi connectivity index (χ2n) is 3.58. The van der Waals surface area contributed by atoms with E-state index in [1.54, 1.807) is 0 Å². The second kappa shape index (κ2) is 5.07. The van der Waals surface area contributed by atoms with Crippen molar-refractivity contribution in [2.45, 2.75) is 0 Å². The monoisotopic (exact) mass is 281 g/mol. The highest BCUT2D eigenvalue weighted by Crippen LogP contribution is 2.25. The number of carbonyl (C=O) groups excluding carboxylic acids is 1. The molecular formula is C12H8FNO4S. The van der Waals surface area contributed by atoms with Crippen molar-refractivity contribution in [3.63, 3.8) is 0 Å². The van der Waals surface area contributed by atoms with Crippen molar-refractivity contribution in [2.24, 2.45) is 0 Å². The molecule has 5 nitrogen and oxygen atoms in total. The van der Waals surface area contributed by atoms with Crippen molar-refractivity contribution < 1.29 is 24.2 Å². The van der Waals surface area contributed by atoms with Crippen LogP contribution in [-0.4, -0.2) is 22.1 Å². The number of carboxylic acid groups (broad SMARTS) is 1. The van der Waals surface area contributed by atoms with Crippen LogP contribution in [-0.2, 0) is 0 Å². The van der Waals surface area contributed by atoms with E-state index < -0.39 is 23.4 Å². The van der Waals surface area contributed by atoms with Crippen LogP contribution >= 0.6 is 11.3 Å². The van der Waals surface area contributed by atoms with Gasteiger partial charge in [-0.25, -0.2) is 9.18 Å². The summed E-state index contributed by atoms with van der Waals surface area (Å²) < 4.78 is 12.8. The van der Waals surface area contributed by atoms with Gasteiger partial charge in [0.1, 0.15) is 16.6 Å².